The summed E-state index contributed by atoms with van der Waals surface area (Å²) in [4.78, 5) is 16.0. The maximum atomic E-state index is 11.1. The number of hydrogen-bond donors (Lipinski definition) is 2. The Hall–Kier alpha value is -2.08. The van der Waals surface area contributed by atoms with E-state index in [2.05, 4.69) is 5.16 Å². The molecular weight excluding hydrogens is 224 g/mol. The molecule has 2 N–H and O–H groups in total. The summed E-state index contributed by atoms with van der Waals surface area (Å²) < 4.78 is 5.04. The van der Waals surface area contributed by atoms with Crippen LogP contribution in [0.2, 0.25) is 0 Å². The van der Waals surface area contributed by atoms with Crippen LogP contribution in [0.5, 0.6) is 5.75 Å². The molecule has 0 fully saturated rings. The summed E-state index contributed by atoms with van der Waals surface area (Å²) in [7, 11) is 1.59. The molecule has 6 nitrogen and oxygen atoms in total. The second-order valence-corrected chi connectivity index (χ2v) is 3.54. The van der Waals surface area contributed by atoms with Gasteiger partial charge >= 0.3 is 0 Å². The molecule has 6 heteroatoms. The van der Waals surface area contributed by atoms with Crippen LogP contribution in [0.3, 0.4) is 0 Å². The van der Waals surface area contributed by atoms with Crippen LogP contribution in [-0.4, -0.2) is 30.0 Å². The molecule has 1 aliphatic rings. The van der Waals surface area contributed by atoms with Crippen molar-refractivity contribution in [2.24, 2.45) is 5.16 Å². The van der Waals surface area contributed by atoms with Gasteiger partial charge in [-0.2, -0.15) is 0 Å². The lowest BCUT2D eigenvalue weighted by Gasteiger charge is -2.04. The highest BCUT2D eigenvalue weighted by molar-refractivity contribution is 6.04. The lowest BCUT2D eigenvalue weighted by atomic mass is 10.0. The molecule has 1 aromatic rings. The number of hydrogen-bond acceptors (Lipinski definition) is 5. The largest absolute Gasteiger partial charge is 0.497 e. The van der Waals surface area contributed by atoms with Gasteiger partial charge in [0.2, 0.25) is 6.10 Å². The Balaban J connectivity index is 2.07. The van der Waals surface area contributed by atoms with E-state index in [4.69, 9.17) is 14.8 Å². The molecule has 1 amide bonds. The van der Waals surface area contributed by atoms with Crippen LogP contribution in [0.1, 0.15) is 12.0 Å². The van der Waals surface area contributed by atoms with Crippen molar-refractivity contribution in [2.75, 3.05) is 7.11 Å². The topological polar surface area (TPSA) is 80.2 Å². The van der Waals surface area contributed by atoms with Gasteiger partial charge in [0.05, 0.1) is 12.8 Å². The van der Waals surface area contributed by atoms with Gasteiger partial charge in [0, 0.05) is 6.42 Å². The summed E-state index contributed by atoms with van der Waals surface area (Å²) in [5, 5.41) is 12.3. The molecule has 1 aromatic carbocycles. The average molecular weight is 236 g/mol. The maximum Gasteiger partial charge on any atom is 0.287 e. The first-order valence-corrected chi connectivity index (χ1v) is 5.05. The number of nitrogens with one attached hydrogen (secondary N) is 1. The van der Waals surface area contributed by atoms with Crippen LogP contribution in [-0.2, 0) is 9.63 Å². The van der Waals surface area contributed by atoms with Crippen LogP contribution < -0.4 is 10.2 Å². The Bertz CT molecular complexity index is 441. The monoisotopic (exact) mass is 236 g/mol. The Kier molecular flexibility index (Phi) is 3.24. The van der Waals surface area contributed by atoms with Crippen molar-refractivity contribution in [1.29, 1.82) is 0 Å². The normalized spacial score (nSPS) is 18.2. The highest BCUT2D eigenvalue weighted by Gasteiger charge is 2.28. The van der Waals surface area contributed by atoms with Crippen molar-refractivity contribution in [3.05, 3.63) is 29.8 Å². The first-order valence-electron chi connectivity index (χ1n) is 5.05. The van der Waals surface area contributed by atoms with E-state index in [-0.39, 0.29) is 0 Å². The van der Waals surface area contributed by atoms with Crippen LogP contribution in [0, 0.1) is 0 Å². The number of carbonyl (C=O) groups excluding carboxylic acids is 1. The van der Waals surface area contributed by atoms with E-state index >= 15 is 0 Å². The number of rotatable bonds is 3. The van der Waals surface area contributed by atoms with Gasteiger partial charge in [-0.25, -0.2) is 5.48 Å². The molecule has 0 spiro atoms. The third kappa shape index (κ3) is 2.36. The molecule has 1 atom stereocenters. The van der Waals surface area contributed by atoms with E-state index in [1.54, 1.807) is 19.2 Å². The number of oxime groups is 1. The number of ether oxygens (including phenoxy) is 1. The highest BCUT2D eigenvalue weighted by atomic mass is 16.6. The summed E-state index contributed by atoms with van der Waals surface area (Å²) >= 11 is 0. The zero-order valence-electron chi connectivity index (χ0n) is 9.21. The Morgan fingerprint density at radius 3 is 2.82 bits per heavy atom. The number of amides is 1. The minimum Gasteiger partial charge on any atom is -0.497 e. The van der Waals surface area contributed by atoms with Gasteiger partial charge in [-0.15, -0.1) is 0 Å². The second-order valence-electron chi connectivity index (χ2n) is 3.54. The fourth-order valence-corrected chi connectivity index (χ4v) is 1.54. The van der Waals surface area contributed by atoms with Crippen molar-refractivity contribution in [2.45, 2.75) is 12.5 Å². The van der Waals surface area contributed by atoms with Gasteiger partial charge in [0.25, 0.3) is 5.91 Å². The van der Waals surface area contributed by atoms with Gasteiger partial charge in [-0.3, -0.25) is 10.0 Å². The van der Waals surface area contributed by atoms with Gasteiger partial charge in [-0.1, -0.05) is 5.16 Å². The number of hydroxylamine groups is 1. The molecule has 0 unspecified atom stereocenters. The summed E-state index contributed by atoms with van der Waals surface area (Å²) in [6.45, 7) is 0. The number of nitrogens with zero attached hydrogens (tertiary/aromatic N) is 1. The van der Waals surface area contributed by atoms with Gasteiger partial charge in [0.1, 0.15) is 5.75 Å². The third-order valence-electron chi connectivity index (χ3n) is 2.49. The SMILES string of the molecule is COc1ccc(C2=NO[C@@H](C(=O)NO)C2)cc1. The van der Waals surface area contributed by atoms with E-state index in [0.717, 1.165) is 11.3 Å². The Labute approximate surface area is 97.8 Å². The summed E-state index contributed by atoms with van der Waals surface area (Å²) in [5.74, 6) is 0.148. The number of methoxy groups -OCH3 is 1. The molecule has 17 heavy (non-hydrogen) atoms. The van der Waals surface area contributed by atoms with E-state index in [1.165, 1.54) is 5.48 Å². The Morgan fingerprint density at radius 2 is 2.24 bits per heavy atom. The van der Waals surface area contributed by atoms with E-state index < -0.39 is 12.0 Å². The van der Waals surface area contributed by atoms with Crippen molar-refractivity contribution in [3.63, 3.8) is 0 Å². The fourth-order valence-electron chi connectivity index (χ4n) is 1.54. The lowest BCUT2D eigenvalue weighted by Crippen LogP contribution is -2.32. The minimum absolute atomic E-state index is 0.332. The predicted octanol–water partition coefficient (Wildman–Crippen LogP) is 0.694. The van der Waals surface area contributed by atoms with Gasteiger partial charge in [-0.05, 0) is 29.8 Å². The van der Waals surface area contributed by atoms with E-state index in [1.807, 2.05) is 12.1 Å². The first-order chi connectivity index (χ1) is 8.24. The average Bonchev–Trinajstić information content (AvgIpc) is 2.87. The second kappa shape index (κ2) is 4.84. The van der Waals surface area contributed by atoms with E-state index in [0.29, 0.717) is 12.1 Å². The summed E-state index contributed by atoms with van der Waals surface area (Å²) in [5.41, 5.74) is 3.07. The summed E-state index contributed by atoms with van der Waals surface area (Å²) in [6.07, 6.45) is -0.435. The molecule has 1 heterocycles. The smallest absolute Gasteiger partial charge is 0.287 e. The maximum absolute atomic E-state index is 11.1. The first kappa shape index (κ1) is 11.4. The quantitative estimate of drug-likeness (QED) is 0.597. The molecular formula is C11H12N2O4. The predicted molar refractivity (Wildman–Crippen MR) is 59.0 cm³/mol. The molecule has 0 saturated heterocycles. The fraction of sp³-hybridized carbons (Fsp3) is 0.273. The summed E-state index contributed by atoms with van der Waals surface area (Å²) in [6, 6.07) is 7.27. The molecule has 1 aliphatic heterocycles. The molecule has 2 rings (SSSR count). The van der Waals surface area contributed by atoms with E-state index in [9.17, 15) is 4.79 Å². The molecule has 90 valence electrons. The van der Waals surface area contributed by atoms with Gasteiger partial charge in [0.15, 0.2) is 0 Å². The zero-order valence-corrected chi connectivity index (χ0v) is 9.21. The lowest BCUT2D eigenvalue weighted by molar-refractivity contribution is -0.139. The minimum atomic E-state index is -0.767. The molecule has 0 radical (unpaired) electrons. The van der Waals surface area contributed by atoms with Crippen molar-refractivity contribution >= 4 is 11.6 Å². The molecule has 0 saturated carbocycles. The molecule has 0 aliphatic carbocycles. The number of benzene rings is 1. The van der Waals surface area contributed by atoms with Gasteiger partial charge < -0.3 is 9.57 Å². The van der Waals surface area contributed by atoms with Crippen molar-refractivity contribution < 1.29 is 19.6 Å². The zero-order chi connectivity index (χ0) is 12.3. The van der Waals surface area contributed by atoms with Crippen LogP contribution in [0.25, 0.3) is 0 Å². The molecule has 0 bridgehead atoms. The van der Waals surface area contributed by atoms with Crippen molar-refractivity contribution in [1.82, 2.24) is 5.48 Å². The highest BCUT2D eigenvalue weighted by Crippen LogP contribution is 2.19. The standard InChI is InChI=1S/C11H12N2O4/c1-16-8-4-2-7(3-5-8)9-6-10(17-13-9)11(14)12-15/h2-5,10,15H,6H2,1H3,(H,12,14)/t10-/m1/s1. The molecule has 0 aromatic heterocycles. The van der Waals surface area contributed by atoms with Crippen LogP contribution >= 0.6 is 0 Å². The Morgan fingerprint density at radius 1 is 1.53 bits per heavy atom. The third-order valence-corrected chi connectivity index (χ3v) is 2.49. The van der Waals surface area contributed by atoms with Crippen LogP contribution in [0.15, 0.2) is 29.4 Å². The van der Waals surface area contributed by atoms with Crippen molar-refractivity contribution in [3.8, 4) is 5.75 Å². The number of carbonyl (C=O) groups is 1. The van der Waals surface area contributed by atoms with Crippen LogP contribution in [0.4, 0.5) is 0 Å².